The maximum Gasteiger partial charge on any atom is 0.417 e. The van der Waals surface area contributed by atoms with Crippen molar-refractivity contribution in [3.05, 3.63) is 71.4 Å². The lowest BCUT2D eigenvalue weighted by Crippen LogP contribution is -2.49. The van der Waals surface area contributed by atoms with E-state index in [0.717, 1.165) is 11.8 Å². The summed E-state index contributed by atoms with van der Waals surface area (Å²) in [4.78, 5) is 20.5. The molecular weight excluding hydrogens is 421 g/mol. The smallest absolute Gasteiger partial charge is 0.352 e. The molecular formula is C22H21F3N6O. The summed E-state index contributed by atoms with van der Waals surface area (Å²) in [6.07, 6.45) is -4.58. The van der Waals surface area contributed by atoms with Crippen LogP contribution in [0.5, 0.6) is 0 Å². The Kier molecular flexibility index (Phi) is 5.93. The molecule has 0 radical (unpaired) electrons. The van der Waals surface area contributed by atoms with Crippen LogP contribution in [0.3, 0.4) is 0 Å². The second-order valence-corrected chi connectivity index (χ2v) is 7.39. The molecule has 32 heavy (non-hydrogen) atoms. The molecule has 0 unspecified atom stereocenters. The highest BCUT2D eigenvalue weighted by Crippen LogP contribution is 2.32. The van der Waals surface area contributed by atoms with Crippen molar-refractivity contribution in [3.63, 3.8) is 0 Å². The van der Waals surface area contributed by atoms with E-state index >= 15 is 0 Å². The molecule has 10 heteroatoms. The Labute approximate surface area is 182 Å². The number of anilines is 3. The van der Waals surface area contributed by atoms with Gasteiger partial charge in [0.1, 0.15) is 5.82 Å². The van der Waals surface area contributed by atoms with Crippen LogP contribution in [-0.2, 0) is 6.18 Å². The summed E-state index contributed by atoms with van der Waals surface area (Å²) in [6, 6.07) is 14.1. The molecule has 2 aromatic heterocycles. The van der Waals surface area contributed by atoms with Crippen LogP contribution in [0.1, 0.15) is 21.6 Å². The zero-order valence-electron chi connectivity index (χ0n) is 17.3. The standard InChI is InChI=1S/C22H21F3N6O/c1-15-5-4-8-18(26-15)27-19-9-10-20(29-28-19)30-11-13-31(14-12-30)21(32)16-6-2-3-7-17(16)22(23,24)25/h2-10H,11-14H2,1H3,(H,26,27,28). The molecule has 3 heterocycles. The molecule has 0 bridgehead atoms. The number of nitrogens with one attached hydrogen (secondary N) is 1. The van der Waals surface area contributed by atoms with Crippen molar-refractivity contribution in [1.82, 2.24) is 20.1 Å². The largest absolute Gasteiger partial charge is 0.417 e. The van der Waals surface area contributed by atoms with Gasteiger partial charge < -0.3 is 15.1 Å². The highest BCUT2D eigenvalue weighted by Gasteiger charge is 2.36. The van der Waals surface area contributed by atoms with Crippen LogP contribution in [0.25, 0.3) is 0 Å². The molecule has 1 aromatic carbocycles. The maximum atomic E-state index is 13.2. The number of halogens is 3. The summed E-state index contributed by atoms with van der Waals surface area (Å²) >= 11 is 0. The van der Waals surface area contributed by atoms with Crippen LogP contribution in [0.2, 0.25) is 0 Å². The number of aryl methyl sites for hydroxylation is 1. The maximum absolute atomic E-state index is 13.2. The van der Waals surface area contributed by atoms with Gasteiger partial charge in [-0.2, -0.15) is 13.2 Å². The molecule has 4 rings (SSSR count). The van der Waals surface area contributed by atoms with E-state index in [1.165, 1.54) is 23.1 Å². The third-order valence-electron chi connectivity index (χ3n) is 5.15. The Bertz CT molecular complexity index is 1100. The minimum absolute atomic E-state index is 0.292. The van der Waals surface area contributed by atoms with Crippen LogP contribution in [-0.4, -0.2) is 52.2 Å². The van der Waals surface area contributed by atoms with Crippen molar-refractivity contribution in [2.75, 3.05) is 36.4 Å². The molecule has 0 aliphatic carbocycles. The summed E-state index contributed by atoms with van der Waals surface area (Å²) in [5.74, 6) is 1.23. The molecule has 0 spiro atoms. The zero-order valence-corrected chi connectivity index (χ0v) is 17.3. The van der Waals surface area contributed by atoms with Crippen molar-refractivity contribution in [2.45, 2.75) is 13.1 Å². The number of hydrogen-bond donors (Lipinski definition) is 1. The lowest BCUT2D eigenvalue weighted by molar-refractivity contribution is -0.138. The summed E-state index contributed by atoms with van der Waals surface area (Å²) in [7, 11) is 0. The Balaban J connectivity index is 1.38. The van der Waals surface area contributed by atoms with Gasteiger partial charge in [0.05, 0.1) is 11.1 Å². The number of aromatic nitrogens is 3. The van der Waals surface area contributed by atoms with E-state index in [-0.39, 0.29) is 5.56 Å². The first-order valence-corrected chi connectivity index (χ1v) is 10.1. The fourth-order valence-corrected chi connectivity index (χ4v) is 3.53. The zero-order chi connectivity index (χ0) is 22.7. The van der Waals surface area contributed by atoms with Crippen molar-refractivity contribution in [1.29, 1.82) is 0 Å². The fraction of sp³-hybridized carbons (Fsp3) is 0.273. The first-order chi connectivity index (χ1) is 15.3. The molecule has 7 nitrogen and oxygen atoms in total. The quantitative estimate of drug-likeness (QED) is 0.661. The lowest BCUT2D eigenvalue weighted by atomic mass is 10.1. The van der Waals surface area contributed by atoms with Crippen LogP contribution < -0.4 is 10.2 Å². The minimum atomic E-state index is -4.58. The van der Waals surface area contributed by atoms with Crippen LogP contribution in [0.15, 0.2) is 54.6 Å². The summed E-state index contributed by atoms with van der Waals surface area (Å²) in [5, 5.41) is 11.5. The number of amides is 1. The van der Waals surface area contributed by atoms with Gasteiger partial charge >= 0.3 is 6.18 Å². The van der Waals surface area contributed by atoms with E-state index in [2.05, 4.69) is 20.5 Å². The lowest BCUT2D eigenvalue weighted by Gasteiger charge is -2.35. The fourth-order valence-electron chi connectivity index (χ4n) is 3.53. The second kappa shape index (κ2) is 8.81. The average Bonchev–Trinajstić information content (AvgIpc) is 2.79. The normalized spacial score (nSPS) is 14.4. The molecule has 1 N–H and O–H groups in total. The molecule has 0 saturated carbocycles. The molecule has 1 saturated heterocycles. The molecule has 1 aliphatic heterocycles. The van der Waals surface area contributed by atoms with Gasteiger partial charge in [0.25, 0.3) is 5.91 Å². The summed E-state index contributed by atoms with van der Waals surface area (Å²) in [5.41, 5.74) is -0.359. The summed E-state index contributed by atoms with van der Waals surface area (Å²) < 4.78 is 39.7. The van der Waals surface area contributed by atoms with Crippen molar-refractivity contribution in [3.8, 4) is 0 Å². The van der Waals surface area contributed by atoms with Gasteiger partial charge in [0.2, 0.25) is 0 Å². The first kappa shape index (κ1) is 21.5. The van der Waals surface area contributed by atoms with Crippen LogP contribution >= 0.6 is 0 Å². The van der Waals surface area contributed by atoms with Crippen molar-refractivity contribution in [2.24, 2.45) is 0 Å². The highest BCUT2D eigenvalue weighted by atomic mass is 19.4. The number of piperazine rings is 1. The van der Waals surface area contributed by atoms with Crippen molar-refractivity contribution >= 4 is 23.4 Å². The molecule has 3 aromatic rings. The third-order valence-corrected chi connectivity index (χ3v) is 5.15. The number of hydrogen-bond acceptors (Lipinski definition) is 6. The predicted molar refractivity (Wildman–Crippen MR) is 114 cm³/mol. The number of rotatable bonds is 4. The predicted octanol–water partition coefficient (Wildman–Crippen LogP) is 3.90. The van der Waals surface area contributed by atoms with E-state index in [1.807, 2.05) is 36.1 Å². The number of pyridine rings is 1. The third kappa shape index (κ3) is 4.79. The minimum Gasteiger partial charge on any atom is -0.352 e. The molecule has 1 aliphatic rings. The van der Waals surface area contributed by atoms with Gasteiger partial charge in [0, 0.05) is 31.9 Å². The average molecular weight is 442 g/mol. The summed E-state index contributed by atoms with van der Waals surface area (Å²) in [6.45, 7) is 3.37. The van der Waals surface area contributed by atoms with E-state index in [0.29, 0.717) is 43.6 Å². The topological polar surface area (TPSA) is 74.2 Å². The number of alkyl halides is 3. The molecule has 166 valence electrons. The molecule has 0 atom stereocenters. The van der Waals surface area contributed by atoms with Gasteiger partial charge in [0.15, 0.2) is 11.6 Å². The van der Waals surface area contributed by atoms with E-state index in [4.69, 9.17) is 0 Å². The van der Waals surface area contributed by atoms with Gasteiger partial charge in [-0.15, -0.1) is 10.2 Å². The van der Waals surface area contributed by atoms with Gasteiger partial charge in [-0.3, -0.25) is 4.79 Å². The second-order valence-electron chi connectivity index (χ2n) is 7.39. The van der Waals surface area contributed by atoms with Crippen molar-refractivity contribution < 1.29 is 18.0 Å². The van der Waals surface area contributed by atoms with E-state index in [1.54, 1.807) is 6.07 Å². The molecule has 1 fully saturated rings. The van der Waals surface area contributed by atoms with Crippen LogP contribution in [0, 0.1) is 6.92 Å². The SMILES string of the molecule is Cc1cccc(Nc2ccc(N3CCN(C(=O)c4ccccc4C(F)(F)F)CC3)nn2)n1. The van der Waals surface area contributed by atoms with E-state index < -0.39 is 17.6 Å². The first-order valence-electron chi connectivity index (χ1n) is 10.1. The van der Waals surface area contributed by atoms with Crippen LogP contribution in [0.4, 0.5) is 30.6 Å². The number of nitrogens with zero attached hydrogens (tertiary/aromatic N) is 5. The molecule has 1 amide bonds. The Morgan fingerprint density at radius 1 is 0.906 bits per heavy atom. The van der Waals surface area contributed by atoms with E-state index in [9.17, 15) is 18.0 Å². The highest BCUT2D eigenvalue weighted by molar-refractivity contribution is 5.96. The number of carbonyl (C=O) groups is 1. The monoisotopic (exact) mass is 442 g/mol. The van der Waals surface area contributed by atoms with Gasteiger partial charge in [-0.1, -0.05) is 18.2 Å². The Hall–Kier alpha value is -3.69. The Morgan fingerprint density at radius 2 is 1.66 bits per heavy atom. The number of carbonyl (C=O) groups excluding carboxylic acids is 1. The van der Waals surface area contributed by atoms with Gasteiger partial charge in [-0.25, -0.2) is 4.98 Å². The number of benzene rings is 1. The van der Waals surface area contributed by atoms with Gasteiger partial charge in [-0.05, 0) is 43.3 Å². The Morgan fingerprint density at radius 3 is 2.31 bits per heavy atom.